The van der Waals surface area contributed by atoms with Crippen molar-refractivity contribution in [3.05, 3.63) is 42.0 Å². The SMILES string of the molecule is CC(C)C[C@@H](C(=O)NN)[C@H](C(=O)NOC1CCCCO1)C(/C=C/c1ccccc1)(CC(C)C)C(=O)[C@@H](C)O. The number of allylic oxidation sites excluding steroid dienone is 1. The second-order valence-corrected chi connectivity index (χ2v) is 11.0. The number of hydrogen-bond donors (Lipinski definition) is 4. The Morgan fingerprint density at radius 1 is 1.11 bits per heavy atom. The van der Waals surface area contributed by atoms with E-state index in [2.05, 4.69) is 10.9 Å². The molecule has 9 nitrogen and oxygen atoms in total. The van der Waals surface area contributed by atoms with Crippen LogP contribution in [0.1, 0.15) is 72.3 Å². The number of benzene rings is 1. The van der Waals surface area contributed by atoms with Crippen LogP contribution in [-0.2, 0) is 24.0 Å². The van der Waals surface area contributed by atoms with E-state index in [0.717, 1.165) is 18.4 Å². The summed E-state index contributed by atoms with van der Waals surface area (Å²) in [4.78, 5) is 46.8. The standard InChI is InChI=1S/C29H45N3O6/c1-19(2)17-23(27(35)31-30)25(28(36)32-38-24-13-9-10-16-37-24)29(18-20(3)4,26(34)21(5)33)15-14-22-11-7-6-8-12-22/h6-8,11-12,14-15,19-21,23-25,33H,9-10,13,16-18,30H2,1-5H3,(H,31,35)(H,32,36)/b15-14+/t21-,23-,24?,25-,29?/m1/s1. The molecule has 5 N–H and O–H groups in total. The van der Waals surface area contributed by atoms with Crippen molar-refractivity contribution in [3.8, 4) is 0 Å². The highest BCUT2D eigenvalue weighted by Crippen LogP contribution is 2.45. The molecule has 0 aromatic heterocycles. The van der Waals surface area contributed by atoms with Crippen LogP contribution in [0.4, 0.5) is 0 Å². The van der Waals surface area contributed by atoms with Crippen molar-refractivity contribution in [2.24, 2.45) is 34.9 Å². The number of ether oxygens (including phenoxy) is 1. The lowest BCUT2D eigenvalue weighted by atomic mass is 9.60. The van der Waals surface area contributed by atoms with Crippen molar-refractivity contribution in [2.75, 3.05) is 6.61 Å². The van der Waals surface area contributed by atoms with E-state index in [-0.39, 0.29) is 24.7 Å². The Balaban J connectivity index is 2.70. The van der Waals surface area contributed by atoms with Gasteiger partial charge in [0, 0.05) is 13.0 Å². The van der Waals surface area contributed by atoms with Gasteiger partial charge in [-0.25, -0.2) is 16.2 Å². The molecule has 1 aromatic rings. The summed E-state index contributed by atoms with van der Waals surface area (Å²) >= 11 is 0. The quantitative estimate of drug-likeness (QED) is 0.164. The molecule has 2 unspecified atom stereocenters. The third kappa shape index (κ3) is 8.73. The molecule has 1 aromatic carbocycles. The van der Waals surface area contributed by atoms with Crippen molar-refractivity contribution >= 4 is 23.7 Å². The minimum Gasteiger partial charge on any atom is -0.386 e. The minimum absolute atomic E-state index is 0.00620. The van der Waals surface area contributed by atoms with Crippen molar-refractivity contribution in [1.82, 2.24) is 10.9 Å². The Bertz CT molecular complexity index is 928. The number of ketones is 1. The highest BCUT2D eigenvalue weighted by Gasteiger charge is 2.53. The summed E-state index contributed by atoms with van der Waals surface area (Å²) in [6, 6.07) is 9.36. The van der Waals surface area contributed by atoms with Crippen molar-refractivity contribution in [1.29, 1.82) is 0 Å². The number of aliphatic hydroxyl groups excluding tert-OH is 1. The van der Waals surface area contributed by atoms with Gasteiger partial charge in [0.05, 0.1) is 17.3 Å². The molecular formula is C29H45N3O6. The molecule has 0 radical (unpaired) electrons. The number of hydrazine groups is 1. The number of hydrogen-bond acceptors (Lipinski definition) is 7. The summed E-state index contributed by atoms with van der Waals surface area (Å²) in [5.74, 6) is 1.59. The van der Waals surface area contributed by atoms with Gasteiger partial charge in [-0.3, -0.25) is 19.8 Å². The predicted molar refractivity (Wildman–Crippen MR) is 146 cm³/mol. The molecular weight excluding hydrogens is 486 g/mol. The largest absolute Gasteiger partial charge is 0.386 e. The molecule has 9 heteroatoms. The first-order valence-electron chi connectivity index (χ1n) is 13.6. The summed E-state index contributed by atoms with van der Waals surface area (Å²) < 4.78 is 5.59. The zero-order chi connectivity index (χ0) is 28.3. The minimum atomic E-state index is -1.54. The first kappa shape index (κ1) is 31.6. The van der Waals surface area contributed by atoms with E-state index >= 15 is 0 Å². The number of carbonyl (C=O) groups is 3. The van der Waals surface area contributed by atoms with Crippen molar-refractivity contribution in [2.45, 2.75) is 79.1 Å². The van der Waals surface area contributed by atoms with Crippen LogP contribution in [0.2, 0.25) is 0 Å². The molecule has 5 atom stereocenters. The lowest BCUT2D eigenvalue weighted by Crippen LogP contribution is -2.56. The molecule has 38 heavy (non-hydrogen) atoms. The highest BCUT2D eigenvalue weighted by molar-refractivity contribution is 5.98. The number of aliphatic hydroxyl groups is 1. The lowest BCUT2D eigenvalue weighted by molar-refractivity contribution is -0.205. The van der Waals surface area contributed by atoms with E-state index in [1.54, 1.807) is 12.2 Å². The monoisotopic (exact) mass is 531 g/mol. The van der Waals surface area contributed by atoms with E-state index < -0.39 is 47.2 Å². The number of hydroxylamine groups is 1. The third-order valence-corrected chi connectivity index (χ3v) is 6.83. The first-order chi connectivity index (χ1) is 18.0. The van der Waals surface area contributed by atoms with Crippen LogP contribution in [0.25, 0.3) is 6.08 Å². The van der Waals surface area contributed by atoms with Crippen LogP contribution in [0, 0.1) is 29.1 Å². The molecule has 1 aliphatic rings. The topological polar surface area (TPSA) is 140 Å². The number of nitrogens with two attached hydrogens (primary N) is 1. The fourth-order valence-corrected chi connectivity index (χ4v) is 5.28. The molecule has 2 rings (SSSR count). The number of amides is 2. The second kappa shape index (κ2) is 15.1. The molecule has 0 spiro atoms. The Kier molecular flexibility index (Phi) is 12.6. The Hall–Kier alpha value is -2.59. The Labute approximate surface area is 226 Å². The third-order valence-electron chi connectivity index (χ3n) is 6.83. The highest BCUT2D eigenvalue weighted by atomic mass is 16.8. The molecule has 1 heterocycles. The fourth-order valence-electron chi connectivity index (χ4n) is 5.28. The van der Waals surface area contributed by atoms with Crippen LogP contribution in [0.5, 0.6) is 0 Å². The molecule has 1 aliphatic heterocycles. The van der Waals surface area contributed by atoms with E-state index in [0.29, 0.717) is 13.0 Å². The predicted octanol–water partition coefficient (Wildman–Crippen LogP) is 3.53. The van der Waals surface area contributed by atoms with E-state index in [9.17, 15) is 19.5 Å². The average molecular weight is 532 g/mol. The van der Waals surface area contributed by atoms with Gasteiger partial charge in [-0.05, 0) is 50.0 Å². The van der Waals surface area contributed by atoms with Gasteiger partial charge < -0.3 is 9.84 Å². The van der Waals surface area contributed by atoms with Gasteiger partial charge in [-0.15, -0.1) is 0 Å². The maximum Gasteiger partial charge on any atom is 0.248 e. The summed E-state index contributed by atoms with van der Waals surface area (Å²) in [5.41, 5.74) is 3.98. The number of carbonyl (C=O) groups excluding carboxylic acids is 3. The van der Waals surface area contributed by atoms with E-state index in [1.165, 1.54) is 6.92 Å². The van der Waals surface area contributed by atoms with Gasteiger partial charge in [0.2, 0.25) is 11.8 Å². The zero-order valence-electron chi connectivity index (χ0n) is 23.3. The number of nitrogens with one attached hydrogen (secondary N) is 2. The van der Waals surface area contributed by atoms with Gasteiger partial charge in [0.25, 0.3) is 0 Å². The first-order valence-corrected chi connectivity index (χ1v) is 13.6. The zero-order valence-corrected chi connectivity index (χ0v) is 23.3. The van der Waals surface area contributed by atoms with Gasteiger partial charge in [0.15, 0.2) is 12.1 Å². The normalized spacial score (nSPS) is 20.1. The molecule has 1 fully saturated rings. The molecule has 2 amide bonds. The Morgan fingerprint density at radius 2 is 1.79 bits per heavy atom. The van der Waals surface area contributed by atoms with Gasteiger partial charge in [-0.2, -0.15) is 0 Å². The van der Waals surface area contributed by atoms with Gasteiger partial charge in [0.1, 0.15) is 6.10 Å². The van der Waals surface area contributed by atoms with Crippen LogP contribution < -0.4 is 16.7 Å². The van der Waals surface area contributed by atoms with Gasteiger partial charge in [-0.1, -0.05) is 70.2 Å². The number of Topliss-reactive ketones (excluding diaryl/α,β-unsaturated/α-hetero) is 1. The van der Waals surface area contributed by atoms with Crippen molar-refractivity contribution < 1.29 is 29.1 Å². The van der Waals surface area contributed by atoms with Crippen LogP contribution >= 0.6 is 0 Å². The Morgan fingerprint density at radius 3 is 2.32 bits per heavy atom. The lowest BCUT2D eigenvalue weighted by Gasteiger charge is -2.42. The van der Waals surface area contributed by atoms with Crippen LogP contribution in [0.15, 0.2) is 36.4 Å². The second-order valence-electron chi connectivity index (χ2n) is 11.0. The average Bonchev–Trinajstić information content (AvgIpc) is 2.89. The maximum atomic E-state index is 14.0. The fraction of sp³-hybridized carbons (Fsp3) is 0.621. The summed E-state index contributed by atoms with van der Waals surface area (Å²) in [6.45, 7) is 9.63. The summed E-state index contributed by atoms with van der Waals surface area (Å²) in [7, 11) is 0. The maximum absolute atomic E-state index is 14.0. The van der Waals surface area contributed by atoms with E-state index in [4.69, 9.17) is 15.4 Å². The molecule has 0 saturated carbocycles. The molecule has 212 valence electrons. The molecule has 0 aliphatic carbocycles. The summed E-state index contributed by atoms with van der Waals surface area (Å²) in [6.07, 6.45) is 4.36. The smallest absolute Gasteiger partial charge is 0.248 e. The molecule has 1 saturated heterocycles. The number of rotatable bonds is 14. The van der Waals surface area contributed by atoms with Gasteiger partial charge >= 0.3 is 0 Å². The van der Waals surface area contributed by atoms with Crippen LogP contribution in [-0.4, -0.2) is 41.7 Å². The summed E-state index contributed by atoms with van der Waals surface area (Å²) in [5, 5.41) is 10.6. The van der Waals surface area contributed by atoms with E-state index in [1.807, 2.05) is 58.0 Å². The van der Waals surface area contributed by atoms with Crippen molar-refractivity contribution in [3.63, 3.8) is 0 Å². The molecule has 0 bridgehead atoms. The van der Waals surface area contributed by atoms with Crippen LogP contribution in [0.3, 0.4) is 0 Å².